The van der Waals surface area contributed by atoms with E-state index in [0.29, 0.717) is 23.6 Å². The first-order valence-corrected chi connectivity index (χ1v) is 11.4. The molecule has 0 fully saturated rings. The van der Waals surface area contributed by atoms with Crippen molar-refractivity contribution in [3.05, 3.63) is 60.3 Å². The van der Waals surface area contributed by atoms with Crippen LogP contribution in [0.15, 0.2) is 54.7 Å². The zero-order chi connectivity index (χ0) is 24.0. The number of carbonyl (C=O) groups excluding carboxylic acids is 2. The molecule has 0 aliphatic heterocycles. The highest BCUT2D eigenvalue weighted by Crippen LogP contribution is 2.21. The molecule has 1 atom stereocenters. The maximum absolute atomic E-state index is 13.0. The number of rotatable bonds is 10. The van der Waals surface area contributed by atoms with Gasteiger partial charge in [-0.3, -0.25) is 9.59 Å². The minimum Gasteiger partial charge on any atom is -0.494 e. The van der Waals surface area contributed by atoms with Crippen LogP contribution in [-0.2, 0) is 11.3 Å². The second-order valence-electron chi connectivity index (χ2n) is 8.73. The lowest BCUT2D eigenvalue weighted by atomic mass is 10.0. The number of ether oxygens (including phenoxy) is 1. The van der Waals surface area contributed by atoms with Gasteiger partial charge in [-0.05, 0) is 75.5 Å². The van der Waals surface area contributed by atoms with Crippen molar-refractivity contribution in [1.82, 2.24) is 14.8 Å². The Hall–Kier alpha value is -3.32. The molecule has 7 nitrogen and oxygen atoms in total. The van der Waals surface area contributed by atoms with Crippen LogP contribution in [0.25, 0.3) is 10.9 Å². The maximum Gasteiger partial charge on any atom is 0.251 e. The fourth-order valence-corrected chi connectivity index (χ4v) is 3.63. The number of anilines is 1. The average Bonchev–Trinajstić information content (AvgIpc) is 3.18. The molecule has 0 bridgehead atoms. The smallest absolute Gasteiger partial charge is 0.251 e. The second kappa shape index (κ2) is 11.0. The van der Waals surface area contributed by atoms with E-state index in [1.807, 2.05) is 45.0 Å². The number of nitrogens with zero attached hydrogens (tertiary/aromatic N) is 2. The highest BCUT2D eigenvalue weighted by atomic mass is 16.5. The lowest BCUT2D eigenvalue weighted by molar-refractivity contribution is -0.118. The van der Waals surface area contributed by atoms with E-state index >= 15 is 0 Å². The Morgan fingerprint density at radius 3 is 2.42 bits per heavy atom. The Morgan fingerprint density at radius 2 is 1.79 bits per heavy atom. The van der Waals surface area contributed by atoms with E-state index in [4.69, 9.17) is 4.74 Å². The van der Waals surface area contributed by atoms with Gasteiger partial charge >= 0.3 is 0 Å². The molecule has 1 heterocycles. The number of amides is 2. The van der Waals surface area contributed by atoms with Crippen LogP contribution in [0.5, 0.6) is 5.75 Å². The lowest BCUT2D eigenvalue weighted by Crippen LogP contribution is -2.47. The first-order valence-electron chi connectivity index (χ1n) is 11.4. The van der Waals surface area contributed by atoms with Crippen molar-refractivity contribution in [2.24, 2.45) is 5.92 Å². The average molecular weight is 451 g/mol. The molecule has 1 aromatic heterocycles. The summed E-state index contributed by atoms with van der Waals surface area (Å²) in [4.78, 5) is 27.9. The van der Waals surface area contributed by atoms with Crippen molar-refractivity contribution in [1.29, 1.82) is 0 Å². The molecule has 3 aromatic rings. The molecule has 0 saturated carbocycles. The Morgan fingerprint density at radius 1 is 1.06 bits per heavy atom. The predicted octanol–water partition coefficient (Wildman–Crippen LogP) is 3.99. The Labute approximate surface area is 195 Å². The highest BCUT2D eigenvalue weighted by molar-refractivity contribution is 6.02. The van der Waals surface area contributed by atoms with E-state index < -0.39 is 6.04 Å². The summed E-state index contributed by atoms with van der Waals surface area (Å²) >= 11 is 0. The summed E-state index contributed by atoms with van der Waals surface area (Å²) in [5.41, 5.74) is 2.32. The molecule has 176 valence electrons. The quantitative estimate of drug-likeness (QED) is 0.490. The van der Waals surface area contributed by atoms with Crippen LogP contribution in [-0.4, -0.2) is 54.6 Å². The van der Waals surface area contributed by atoms with Gasteiger partial charge in [0, 0.05) is 41.4 Å². The van der Waals surface area contributed by atoms with E-state index in [1.54, 1.807) is 24.3 Å². The zero-order valence-electron chi connectivity index (χ0n) is 20.1. The van der Waals surface area contributed by atoms with E-state index in [1.165, 1.54) is 0 Å². The van der Waals surface area contributed by atoms with E-state index in [2.05, 4.69) is 40.4 Å². The van der Waals surface area contributed by atoms with Crippen LogP contribution >= 0.6 is 0 Å². The van der Waals surface area contributed by atoms with Gasteiger partial charge < -0.3 is 24.8 Å². The maximum atomic E-state index is 13.0. The molecule has 0 spiro atoms. The SMILES string of the molecule is CCOc1ccc(C(=O)NC(C(=O)Nc2ccc3c(ccn3CCN(C)C)c2)C(C)C)cc1. The van der Waals surface area contributed by atoms with Crippen molar-refractivity contribution >= 4 is 28.4 Å². The summed E-state index contributed by atoms with van der Waals surface area (Å²) in [6.45, 7) is 8.15. The van der Waals surface area contributed by atoms with Gasteiger partial charge in [0.2, 0.25) is 5.91 Å². The van der Waals surface area contributed by atoms with Gasteiger partial charge in [-0.25, -0.2) is 0 Å². The lowest BCUT2D eigenvalue weighted by Gasteiger charge is -2.22. The largest absolute Gasteiger partial charge is 0.494 e. The van der Waals surface area contributed by atoms with Gasteiger partial charge in [0.25, 0.3) is 5.91 Å². The van der Waals surface area contributed by atoms with Crippen molar-refractivity contribution in [3.63, 3.8) is 0 Å². The standard InChI is InChI=1S/C26H34N4O3/c1-6-33-22-10-7-19(8-11-22)25(31)28-24(18(2)3)26(32)27-21-9-12-23-20(17-21)13-14-30(23)16-15-29(4)5/h7-14,17-18,24H,6,15-16H2,1-5H3,(H,27,32)(H,28,31). The molecule has 0 radical (unpaired) electrons. The number of likely N-dealkylation sites (N-methyl/N-ethyl adjacent to an activating group) is 1. The third-order valence-electron chi connectivity index (χ3n) is 5.49. The van der Waals surface area contributed by atoms with Gasteiger partial charge in [-0.15, -0.1) is 0 Å². The molecule has 0 saturated heterocycles. The zero-order valence-corrected chi connectivity index (χ0v) is 20.1. The Balaban J connectivity index is 1.68. The number of hydrogen-bond acceptors (Lipinski definition) is 4. The molecular weight excluding hydrogens is 416 g/mol. The van der Waals surface area contributed by atoms with E-state index in [9.17, 15) is 9.59 Å². The summed E-state index contributed by atoms with van der Waals surface area (Å²) in [6.07, 6.45) is 2.06. The minimum atomic E-state index is -0.663. The molecule has 2 aromatic carbocycles. The first-order chi connectivity index (χ1) is 15.8. The number of carbonyl (C=O) groups is 2. The number of fused-ring (bicyclic) bond motifs is 1. The molecule has 2 N–H and O–H groups in total. The number of hydrogen-bond donors (Lipinski definition) is 2. The van der Waals surface area contributed by atoms with Crippen molar-refractivity contribution in [3.8, 4) is 5.75 Å². The third-order valence-corrected chi connectivity index (χ3v) is 5.49. The van der Waals surface area contributed by atoms with Crippen LogP contribution in [0.2, 0.25) is 0 Å². The van der Waals surface area contributed by atoms with Crippen molar-refractivity contribution in [2.75, 3.05) is 32.6 Å². The van der Waals surface area contributed by atoms with Crippen LogP contribution in [0.1, 0.15) is 31.1 Å². The number of benzene rings is 2. The summed E-state index contributed by atoms with van der Waals surface area (Å²) in [7, 11) is 4.11. The van der Waals surface area contributed by atoms with Crippen LogP contribution in [0.3, 0.4) is 0 Å². The summed E-state index contributed by atoms with van der Waals surface area (Å²) in [5.74, 6) is 0.0987. The molecule has 0 aliphatic rings. The van der Waals surface area contributed by atoms with Crippen molar-refractivity contribution < 1.29 is 14.3 Å². The van der Waals surface area contributed by atoms with Gasteiger partial charge in [-0.2, -0.15) is 0 Å². The summed E-state index contributed by atoms with van der Waals surface area (Å²) in [6, 6.07) is 14.2. The molecule has 7 heteroatoms. The van der Waals surface area contributed by atoms with Crippen LogP contribution < -0.4 is 15.4 Å². The Kier molecular flexibility index (Phi) is 8.11. The van der Waals surface area contributed by atoms with Crippen LogP contribution in [0, 0.1) is 5.92 Å². The highest BCUT2D eigenvalue weighted by Gasteiger charge is 2.25. The summed E-state index contributed by atoms with van der Waals surface area (Å²) in [5, 5.41) is 6.90. The third kappa shape index (κ3) is 6.35. The van der Waals surface area contributed by atoms with Gasteiger partial charge in [0.1, 0.15) is 11.8 Å². The second-order valence-corrected chi connectivity index (χ2v) is 8.73. The summed E-state index contributed by atoms with van der Waals surface area (Å²) < 4.78 is 7.62. The fraction of sp³-hybridized carbons (Fsp3) is 0.385. The fourth-order valence-electron chi connectivity index (χ4n) is 3.63. The molecule has 0 aliphatic carbocycles. The number of aromatic nitrogens is 1. The number of nitrogens with one attached hydrogen (secondary N) is 2. The molecule has 33 heavy (non-hydrogen) atoms. The molecule has 1 unspecified atom stereocenters. The normalized spacial score (nSPS) is 12.2. The van der Waals surface area contributed by atoms with Gasteiger partial charge in [-0.1, -0.05) is 13.8 Å². The van der Waals surface area contributed by atoms with Gasteiger partial charge in [0.05, 0.1) is 6.61 Å². The molecular formula is C26H34N4O3. The topological polar surface area (TPSA) is 75.6 Å². The molecule has 3 rings (SSSR count). The van der Waals surface area contributed by atoms with Crippen molar-refractivity contribution in [2.45, 2.75) is 33.4 Å². The van der Waals surface area contributed by atoms with E-state index in [-0.39, 0.29) is 17.7 Å². The van der Waals surface area contributed by atoms with Gasteiger partial charge in [0.15, 0.2) is 0 Å². The first kappa shape index (κ1) is 24.3. The van der Waals surface area contributed by atoms with E-state index in [0.717, 1.165) is 24.0 Å². The molecule has 2 amide bonds. The monoisotopic (exact) mass is 450 g/mol. The predicted molar refractivity (Wildman–Crippen MR) is 133 cm³/mol. The van der Waals surface area contributed by atoms with Crippen LogP contribution in [0.4, 0.5) is 5.69 Å². The Bertz CT molecular complexity index is 1090. The minimum absolute atomic E-state index is 0.0764.